The number of anilines is 1. The first kappa shape index (κ1) is 17.4. The molecule has 2 rings (SSSR count). The molecule has 2 aromatic rings. The van der Waals surface area contributed by atoms with E-state index < -0.39 is 0 Å². The molecule has 0 atom stereocenters. The van der Waals surface area contributed by atoms with Crippen LogP contribution in [-0.4, -0.2) is 21.3 Å². The van der Waals surface area contributed by atoms with Crippen molar-refractivity contribution < 1.29 is 9.90 Å². The van der Waals surface area contributed by atoms with E-state index in [9.17, 15) is 9.90 Å². The van der Waals surface area contributed by atoms with Gasteiger partial charge in [-0.2, -0.15) is 0 Å². The van der Waals surface area contributed by atoms with E-state index in [1.807, 2.05) is 24.3 Å². The number of aliphatic hydroxyl groups excluding tert-OH is 1. The summed E-state index contributed by atoms with van der Waals surface area (Å²) in [6.45, 7) is 2.47. The molecule has 6 nitrogen and oxygen atoms in total. The molecule has 1 aromatic carbocycles. The lowest BCUT2D eigenvalue weighted by atomic mass is 10.1. The van der Waals surface area contributed by atoms with Crippen LogP contribution in [0.5, 0.6) is 0 Å². The first-order valence-corrected chi connectivity index (χ1v) is 8.59. The predicted molar refractivity (Wildman–Crippen MR) is 91.4 cm³/mol. The van der Waals surface area contributed by atoms with Crippen LogP contribution in [0, 0.1) is 0 Å². The molecule has 124 valence electrons. The first-order valence-electron chi connectivity index (χ1n) is 7.77. The lowest BCUT2D eigenvalue weighted by Gasteiger charge is -2.08. The molecular weight excluding hydrogens is 312 g/mol. The van der Waals surface area contributed by atoms with E-state index in [-0.39, 0.29) is 12.6 Å². The van der Waals surface area contributed by atoms with Crippen molar-refractivity contribution in [1.29, 1.82) is 0 Å². The van der Waals surface area contributed by atoms with E-state index in [0.29, 0.717) is 11.7 Å². The highest BCUT2D eigenvalue weighted by molar-refractivity contribution is 7.15. The van der Waals surface area contributed by atoms with Gasteiger partial charge in [-0.1, -0.05) is 55.4 Å². The number of rotatable bonds is 8. The van der Waals surface area contributed by atoms with Crippen LogP contribution >= 0.6 is 11.3 Å². The molecule has 0 fully saturated rings. The van der Waals surface area contributed by atoms with E-state index >= 15 is 0 Å². The van der Waals surface area contributed by atoms with Gasteiger partial charge in [0.2, 0.25) is 5.13 Å². The van der Waals surface area contributed by atoms with Gasteiger partial charge in [0.15, 0.2) is 0 Å². The SMILES string of the molecule is CCCCCc1nnc(NC(=O)NCc2ccccc2CO)s1. The third kappa shape index (κ3) is 5.61. The summed E-state index contributed by atoms with van der Waals surface area (Å²) in [6.07, 6.45) is 4.34. The van der Waals surface area contributed by atoms with E-state index in [1.54, 1.807) is 0 Å². The molecule has 0 saturated carbocycles. The van der Waals surface area contributed by atoms with E-state index in [0.717, 1.165) is 29.0 Å². The van der Waals surface area contributed by atoms with Gasteiger partial charge in [-0.3, -0.25) is 5.32 Å². The number of amides is 2. The van der Waals surface area contributed by atoms with E-state index in [2.05, 4.69) is 27.8 Å². The maximum atomic E-state index is 11.9. The van der Waals surface area contributed by atoms with Crippen LogP contribution in [0.3, 0.4) is 0 Å². The number of aromatic nitrogens is 2. The third-order valence-electron chi connectivity index (χ3n) is 3.41. The highest BCUT2D eigenvalue weighted by Gasteiger charge is 2.08. The molecule has 7 heteroatoms. The zero-order chi connectivity index (χ0) is 16.5. The molecule has 0 radical (unpaired) electrons. The van der Waals surface area contributed by atoms with Crippen LogP contribution in [-0.2, 0) is 19.6 Å². The van der Waals surface area contributed by atoms with Gasteiger partial charge in [-0.15, -0.1) is 10.2 Å². The van der Waals surface area contributed by atoms with Gasteiger partial charge in [0.1, 0.15) is 5.01 Å². The van der Waals surface area contributed by atoms with Crippen LogP contribution in [0.15, 0.2) is 24.3 Å². The zero-order valence-corrected chi connectivity index (χ0v) is 14.0. The predicted octanol–water partition coefficient (Wildman–Crippen LogP) is 3.08. The maximum absolute atomic E-state index is 11.9. The fraction of sp³-hybridized carbons (Fsp3) is 0.438. The topological polar surface area (TPSA) is 87.1 Å². The van der Waals surface area contributed by atoms with Crippen LogP contribution in [0.4, 0.5) is 9.93 Å². The molecule has 0 unspecified atom stereocenters. The molecule has 2 amide bonds. The lowest BCUT2D eigenvalue weighted by Crippen LogP contribution is -2.28. The van der Waals surface area contributed by atoms with Crippen molar-refractivity contribution in [3.8, 4) is 0 Å². The smallest absolute Gasteiger partial charge is 0.321 e. The van der Waals surface area contributed by atoms with Crippen molar-refractivity contribution in [2.75, 3.05) is 5.32 Å². The molecule has 0 saturated heterocycles. The fourth-order valence-electron chi connectivity index (χ4n) is 2.13. The quantitative estimate of drug-likeness (QED) is 0.647. The summed E-state index contributed by atoms with van der Waals surface area (Å²) in [4.78, 5) is 11.9. The zero-order valence-electron chi connectivity index (χ0n) is 13.2. The molecule has 0 aliphatic carbocycles. The Balaban J connectivity index is 1.80. The molecule has 23 heavy (non-hydrogen) atoms. The molecule has 0 aliphatic rings. The number of unbranched alkanes of at least 4 members (excludes halogenated alkanes) is 2. The number of hydrogen-bond donors (Lipinski definition) is 3. The first-order chi connectivity index (χ1) is 11.2. The minimum Gasteiger partial charge on any atom is -0.392 e. The summed E-state index contributed by atoms with van der Waals surface area (Å²) in [5.74, 6) is 0. The monoisotopic (exact) mass is 334 g/mol. The van der Waals surface area contributed by atoms with E-state index in [4.69, 9.17) is 0 Å². The number of benzene rings is 1. The van der Waals surface area contributed by atoms with Crippen LogP contribution < -0.4 is 10.6 Å². The van der Waals surface area contributed by atoms with Crippen LogP contribution in [0.1, 0.15) is 42.3 Å². The number of aryl methyl sites for hydroxylation is 1. The number of nitrogens with one attached hydrogen (secondary N) is 2. The maximum Gasteiger partial charge on any atom is 0.321 e. The van der Waals surface area contributed by atoms with Gasteiger partial charge >= 0.3 is 6.03 Å². The van der Waals surface area contributed by atoms with Crippen molar-refractivity contribution >= 4 is 22.5 Å². The summed E-state index contributed by atoms with van der Waals surface area (Å²) in [7, 11) is 0. The molecule has 0 spiro atoms. The van der Waals surface area contributed by atoms with Gasteiger partial charge in [0.05, 0.1) is 6.61 Å². The van der Waals surface area contributed by atoms with Crippen LogP contribution in [0.2, 0.25) is 0 Å². The third-order valence-corrected chi connectivity index (χ3v) is 4.31. The van der Waals surface area contributed by atoms with Gasteiger partial charge in [-0.05, 0) is 17.5 Å². The second-order valence-electron chi connectivity index (χ2n) is 5.19. The van der Waals surface area contributed by atoms with Crippen molar-refractivity contribution in [2.24, 2.45) is 0 Å². The number of aliphatic hydroxyl groups is 1. The fourth-order valence-corrected chi connectivity index (χ4v) is 2.91. The van der Waals surface area contributed by atoms with Crippen molar-refractivity contribution in [3.05, 3.63) is 40.4 Å². The molecule has 1 heterocycles. The number of carbonyl (C=O) groups excluding carboxylic acids is 1. The summed E-state index contributed by atoms with van der Waals surface area (Å²) in [6, 6.07) is 7.12. The second-order valence-corrected chi connectivity index (χ2v) is 6.25. The van der Waals surface area contributed by atoms with Crippen molar-refractivity contribution in [2.45, 2.75) is 45.8 Å². The summed E-state index contributed by atoms with van der Waals surface area (Å²) in [5.41, 5.74) is 1.70. The summed E-state index contributed by atoms with van der Waals surface area (Å²) < 4.78 is 0. The molecule has 0 aliphatic heterocycles. The average Bonchev–Trinajstić information content (AvgIpc) is 3.00. The largest absolute Gasteiger partial charge is 0.392 e. The van der Waals surface area contributed by atoms with Gasteiger partial charge < -0.3 is 10.4 Å². The van der Waals surface area contributed by atoms with Gasteiger partial charge in [0, 0.05) is 13.0 Å². The molecule has 0 bridgehead atoms. The second kappa shape index (κ2) is 9.22. The Kier molecular flexibility index (Phi) is 6.96. The minimum absolute atomic E-state index is 0.0447. The van der Waals surface area contributed by atoms with Crippen LogP contribution in [0.25, 0.3) is 0 Å². The molecular formula is C16H22N4O2S. The Labute approximate surface area is 140 Å². The number of urea groups is 1. The van der Waals surface area contributed by atoms with E-state index in [1.165, 1.54) is 24.2 Å². The Morgan fingerprint density at radius 1 is 1.22 bits per heavy atom. The molecule has 3 N–H and O–H groups in total. The highest BCUT2D eigenvalue weighted by Crippen LogP contribution is 2.17. The highest BCUT2D eigenvalue weighted by atomic mass is 32.1. The lowest BCUT2D eigenvalue weighted by molar-refractivity contribution is 0.251. The Morgan fingerprint density at radius 2 is 2.00 bits per heavy atom. The van der Waals surface area contributed by atoms with Crippen molar-refractivity contribution in [3.63, 3.8) is 0 Å². The Bertz CT molecular complexity index is 630. The molecule has 1 aromatic heterocycles. The van der Waals surface area contributed by atoms with Gasteiger partial charge in [0.25, 0.3) is 0 Å². The van der Waals surface area contributed by atoms with Crippen molar-refractivity contribution in [1.82, 2.24) is 15.5 Å². The number of hydrogen-bond acceptors (Lipinski definition) is 5. The van der Waals surface area contributed by atoms with Gasteiger partial charge in [-0.25, -0.2) is 4.79 Å². The Morgan fingerprint density at radius 3 is 2.74 bits per heavy atom. The Hall–Kier alpha value is -1.99. The summed E-state index contributed by atoms with van der Waals surface area (Å²) >= 11 is 1.41. The number of nitrogens with zero attached hydrogens (tertiary/aromatic N) is 2. The normalized spacial score (nSPS) is 10.5. The standard InChI is InChI=1S/C16H22N4O2S/c1-2-3-4-9-14-19-20-16(23-14)18-15(22)17-10-12-7-5-6-8-13(12)11-21/h5-8,21H,2-4,9-11H2,1H3,(H2,17,18,20,22). The summed E-state index contributed by atoms with van der Waals surface area (Å²) in [5, 5.41) is 24.2. The average molecular weight is 334 g/mol. The number of carbonyl (C=O) groups is 1. The minimum atomic E-state index is -0.325.